The van der Waals surface area contributed by atoms with Crippen LogP contribution >= 0.6 is 0 Å². The van der Waals surface area contributed by atoms with Gasteiger partial charge in [0.2, 0.25) is 11.7 Å². The van der Waals surface area contributed by atoms with Gasteiger partial charge in [-0.2, -0.15) is 0 Å². The number of nitrogens with one attached hydrogen (secondary N) is 3. The van der Waals surface area contributed by atoms with Crippen LogP contribution in [0, 0.1) is 11.7 Å². The molecule has 0 spiro atoms. The number of rotatable bonds is 5. The molecule has 1 aromatic carbocycles. The smallest absolute Gasteiger partial charge is 0.317 e. The van der Waals surface area contributed by atoms with Gasteiger partial charge in [0.15, 0.2) is 5.69 Å². The van der Waals surface area contributed by atoms with Crippen molar-refractivity contribution < 1.29 is 23.9 Å². The molecule has 1 saturated carbocycles. The predicted octanol–water partition coefficient (Wildman–Crippen LogP) is 1.34. The van der Waals surface area contributed by atoms with Crippen molar-refractivity contribution >= 4 is 17.8 Å². The summed E-state index contributed by atoms with van der Waals surface area (Å²) in [4.78, 5) is 58.1. The summed E-state index contributed by atoms with van der Waals surface area (Å²) >= 11 is 0. The summed E-state index contributed by atoms with van der Waals surface area (Å²) in [6, 6.07) is 4.59. The lowest BCUT2D eigenvalue weighted by Gasteiger charge is -2.38. The number of carbonyl (C=O) groups is 3. The SMILES string of the molecule is CNC(=O)N1CCCC1C(=O)NC12CCC(CC1)Cn1c2nc(C(=O)NCc2ccc(F)cc2)c(O)c1=O. The fourth-order valence-electron chi connectivity index (χ4n) is 5.87. The van der Waals surface area contributed by atoms with Gasteiger partial charge in [0.05, 0.1) is 5.54 Å². The van der Waals surface area contributed by atoms with Crippen LogP contribution in [0.4, 0.5) is 9.18 Å². The van der Waals surface area contributed by atoms with Crippen molar-refractivity contribution in [2.24, 2.45) is 5.92 Å². The van der Waals surface area contributed by atoms with Gasteiger partial charge in [-0.3, -0.25) is 19.0 Å². The highest BCUT2D eigenvalue weighted by molar-refractivity contribution is 5.94. The number of benzene rings is 1. The predicted molar refractivity (Wildman–Crippen MR) is 134 cm³/mol. The number of halogens is 1. The summed E-state index contributed by atoms with van der Waals surface area (Å²) in [7, 11) is 1.52. The van der Waals surface area contributed by atoms with E-state index in [0.717, 1.165) is 12.8 Å². The van der Waals surface area contributed by atoms with E-state index in [-0.39, 0.29) is 30.2 Å². The van der Waals surface area contributed by atoms with E-state index in [0.29, 0.717) is 44.3 Å². The molecule has 11 nitrogen and oxygen atoms in total. The van der Waals surface area contributed by atoms with E-state index in [4.69, 9.17) is 0 Å². The molecule has 38 heavy (non-hydrogen) atoms. The van der Waals surface area contributed by atoms with E-state index in [1.54, 1.807) is 0 Å². The minimum Gasteiger partial charge on any atom is -0.501 e. The largest absolute Gasteiger partial charge is 0.501 e. The summed E-state index contributed by atoms with van der Waals surface area (Å²) in [5, 5.41) is 19.0. The number of likely N-dealkylation sites (tertiary alicyclic amines) is 1. The number of nitrogens with zero attached hydrogens (tertiary/aromatic N) is 3. The van der Waals surface area contributed by atoms with Crippen LogP contribution < -0.4 is 21.5 Å². The Balaban J connectivity index is 1.46. The molecule has 0 radical (unpaired) electrons. The van der Waals surface area contributed by atoms with Gasteiger partial charge in [-0.05, 0) is 62.1 Å². The number of aromatic nitrogens is 2. The third-order valence-corrected chi connectivity index (χ3v) is 7.95. The van der Waals surface area contributed by atoms with Gasteiger partial charge in [0, 0.05) is 26.7 Å². The van der Waals surface area contributed by atoms with E-state index >= 15 is 0 Å². The van der Waals surface area contributed by atoms with Crippen molar-refractivity contribution in [2.75, 3.05) is 13.6 Å². The van der Waals surface area contributed by atoms with E-state index in [1.165, 1.54) is 40.8 Å². The molecule has 2 fully saturated rings. The number of carbonyl (C=O) groups excluding carboxylic acids is 3. The average molecular weight is 527 g/mol. The average Bonchev–Trinajstić information content (AvgIpc) is 3.31. The van der Waals surface area contributed by atoms with Crippen molar-refractivity contribution in [3.05, 3.63) is 57.5 Å². The monoisotopic (exact) mass is 526 g/mol. The first-order valence-electron chi connectivity index (χ1n) is 12.9. The van der Waals surface area contributed by atoms with Gasteiger partial charge in [0.25, 0.3) is 11.5 Å². The molecule has 1 aromatic heterocycles. The van der Waals surface area contributed by atoms with E-state index in [9.17, 15) is 28.7 Å². The van der Waals surface area contributed by atoms with E-state index in [1.807, 2.05) is 0 Å². The lowest BCUT2D eigenvalue weighted by atomic mass is 9.77. The van der Waals surface area contributed by atoms with Crippen LogP contribution in [0.3, 0.4) is 0 Å². The third-order valence-electron chi connectivity index (χ3n) is 7.95. The third kappa shape index (κ3) is 4.59. The maximum absolute atomic E-state index is 13.5. The summed E-state index contributed by atoms with van der Waals surface area (Å²) in [5.74, 6) is -1.83. The molecule has 1 saturated heterocycles. The fourth-order valence-corrected chi connectivity index (χ4v) is 5.87. The number of hydrogen-bond donors (Lipinski definition) is 4. The first-order chi connectivity index (χ1) is 18.2. The van der Waals surface area contributed by atoms with Crippen LogP contribution in [-0.4, -0.2) is 57.0 Å². The van der Waals surface area contributed by atoms with Crippen molar-refractivity contribution in [2.45, 2.75) is 63.2 Å². The Morgan fingerprint density at radius 3 is 2.55 bits per heavy atom. The highest BCUT2D eigenvalue weighted by Crippen LogP contribution is 2.43. The van der Waals surface area contributed by atoms with E-state index < -0.39 is 40.3 Å². The Hall–Kier alpha value is -3.96. The number of urea groups is 1. The standard InChI is InChI=1S/C26H31FN6O5/c1-28-25(38)32-12-2-3-18(32)21(35)31-26-10-8-16(9-11-26)14-33-23(37)20(34)19(30-24(26)33)22(36)29-13-15-4-6-17(27)7-5-15/h4-7,16,18,34H,2-3,8-14H2,1H3,(H,28,38)(H,29,36)(H,31,35). The van der Waals surface area contributed by atoms with E-state index in [2.05, 4.69) is 20.9 Å². The highest BCUT2D eigenvalue weighted by Gasteiger charge is 2.47. The zero-order valence-corrected chi connectivity index (χ0v) is 21.1. The van der Waals surface area contributed by atoms with Gasteiger partial charge in [-0.25, -0.2) is 14.2 Å². The molecule has 4 heterocycles. The molecule has 202 valence electrons. The van der Waals surface area contributed by atoms with Crippen molar-refractivity contribution in [1.82, 2.24) is 30.4 Å². The number of hydrogen-bond acceptors (Lipinski definition) is 6. The quantitative estimate of drug-likeness (QED) is 0.463. The van der Waals surface area contributed by atoms with Crippen LogP contribution in [0.1, 0.15) is 60.4 Å². The second kappa shape index (κ2) is 10.1. The Morgan fingerprint density at radius 2 is 1.87 bits per heavy atom. The highest BCUT2D eigenvalue weighted by atomic mass is 19.1. The van der Waals surface area contributed by atoms with Crippen LogP contribution in [0.2, 0.25) is 0 Å². The molecule has 12 heteroatoms. The van der Waals surface area contributed by atoms with Gasteiger partial charge < -0.3 is 26.0 Å². The van der Waals surface area contributed by atoms with Crippen LogP contribution in [0.25, 0.3) is 0 Å². The fraction of sp³-hybridized carbons (Fsp3) is 0.500. The molecule has 4 amide bonds. The normalized spacial score (nSPS) is 23.9. The molecule has 4 aliphatic rings. The molecule has 1 atom stereocenters. The number of amides is 4. The molecule has 2 bridgehead atoms. The Labute approximate surface area is 218 Å². The Kier molecular flexibility index (Phi) is 6.80. The molecule has 1 unspecified atom stereocenters. The number of aromatic hydroxyl groups is 1. The zero-order chi connectivity index (χ0) is 27.0. The molecule has 3 aliphatic heterocycles. The van der Waals surface area contributed by atoms with Gasteiger partial charge in [-0.1, -0.05) is 12.1 Å². The topological polar surface area (TPSA) is 146 Å². The lowest BCUT2D eigenvalue weighted by molar-refractivity contribution is -0.127. The maximum Gasteiger partial charge on any atom is 0.317 e. The second-order valence-electron chi connectivity index (χ2n) is 10.3. The molecular weight excluding hydrogens is 495 g/mol. The Bertz CT molecular complexity index is 1320. The molecular formula is C26H31FN6O5. The summed E-state index contributed by atoms with van der Waals surface area (Å²) in [6.07, 6.45) is 3.72. The molecule has 2 aromatic rings. The van der Waals surface area contributed by atoms with Crippen LogP contribution in [-0.2, 0) is 23.4 Å². The summed E-state index contributed by atoms with van der Waals surface area (Å²) in [5.41, 5.74) is -1.54. The summed E-state index contributed by atoms with van der Waals surface area (Å²) in [6.45, 7) is 0.838. The minimum atomic E-state index is -1.01. The van der Waals surface area contributed by atoms with Crippen molar-refractivity contribution in [3.8, 4) is 5.75 Å². The first kappa shape index (κ1) is 25.7. The van der Waals surface area contributed by atoms with Crippen molar-refractivity contribution in [1.29, 1.82) is 0 Å². The van der Waals surface area contributed by atoms with Gasteiger partial charge in [0.1, 0.15) is 17.7 Å². The van der Waals surface area contributed by atoms with Gasteiger partial charge in [-0.15, -0.1) is 0 Å². The lowest BCUT2D eigenvalue weighted by Crippen LogP contribution is -2.56. The molecule has 1 aliphatic carbocycles. The Morgan fingerprint density at radius 1 is 1.16 bits per heavy atom. The van der Waals surface area contributed by atoms with Crippen LogP contribution in [0.5, 0.6) is 5.75 Å². The first-order valence-corrected chi connectivity index (χ1v) is 12.9. The zero-order valence-electron chi connectivity index (χ0n) is 21.1. The number of fused-ring (bicyclic) bond motifs is 2. The van der Waals surface area contributed by atoms with Crippen molar-refractivity contribution in [3.63, 3.8) is 0 Å². The minimum absolute atomic E-state index is 0.0413. The second-order valence-corrected chi connectivity index (χ2v) is 10.3. The van der Waals surface area contributed by atoms with Gasteiger partial charge >= 0.3 is 6.03 Å². The maximum atomic E-state index is 13.5. The summed E-state index contributed by atoms with van der Waals surface area (Å²) < 4.78 is 14.6. The molecule has 4 N–H and O–H groups in total. The van der Waals surface area contributed by atoms with Crippen LogP contribution in [0.15, 0.2) is 29.1 Å². The molecule has 6 rings (SSSR count).